The van der Waals surface area contributed by atoms with E-state index < -0.39 is 0 Å². The van der Waals surface area contributed by atoms with Crippen LogP contribution in [-0.2, 0) is 11.2 Å². The predicted molar refractivity (Wildman–Crippen MR) is 71.8 cm³/mol. The number of hydrogen-bond acceptors (Lipinski definition) is 3. The summed E-state index contributed by atoms with van der Waals surface area (Å²) in [5.74, 6) is -0.0242. The van der Waals surface area contributed by atoms with Crippen LogP contribution >= 0.6 is 0 Å². The maximum Gasteiger partial charge on any atom is 0.227 e. The fraction of sp³-hybridized carbons (Fsp3) is 0.429. The van der Waals surface area contributed by atoms with Crippen molar-refractivity contribution in [2.75, 3.05) is 11.9 Å². The quantitative estimate of drug-likeness (QED) is 0.805. The molecule has 0 aliphatic carbocycles. The average molecular weight is 245 g/mol. The number of nitrogens with zero attached hydrogens (tertiary/aromatic N) is 1. The third-order valence-electron chi connectivity index (χ3n) is 2.79. The zero-order valence-electron chi connectivity index (χ0n) is 10.6. The lowest BCUT2D eigenvalue weighted by atomic mass is 10.0. The number of rotatable bonds is 6. The van der Waals surface area contributed by atoms with Crippen LogP contribution in [-0.4, -0.2) is 12.5 Å². The van der Waals surface area contributed by atoms with Crippen LogP contribution in [0.15, 0.2) is 24.3 Å². The predicted octanol–water partition coefficient (Wildman–Crippen LogP) is 2.07. The van der Waals surface area contributed by atoms with Gasteiger partial charge in [0.05, 0.1) is 12.5 Å². The van der Waals surface area contributed by atoms with Crippen LogP contribution in [0.1, 0.15) is 25.3 Å². The van der Waals surface area contributed by atoms with Gasteiger partial charge in [-0.05, 0) is 37.1 Å². The van der Waals surface area contributed by atoms with E-state index in [2.05, 4.69) is 11.4 Å². The molecule has 3 N–H and O–H groups in total. The van der Waals surface area contributed by atoms with Gasteiger partial charge in [-0.3, -0.25) is 4.79 Å². The Hall–Kier alpha value is -1.86. The standard InChI is InChI=1S/C14H19N3O/c1-11(3-2-9-15)14(18)17-13-6-4-12(5-7-13)8-10-16/h4-7,11H,2-3,8-9,15H2,1H3,(H,17,18). The summed E-state index contributed by atoms with van der Waals surface area (Å²) in [7, 11) is 0. The first-order chi connectivity index (χ1) is 8.67. The minimum atomic E-state index is -0.0349. The average Bonchev–Trinajstić information content (AvgIpc) is 2.38. The zero-order chi connectivity index (χ0) is 13.4. The van der Waals surface area contributed by atoms with Crippen LogP contribution in [0.3, 0.4) is 0 Å². The van der Waals surface area contributed by atoms with Crippen LogP contribution in [0.4, 0.5) is 5.69 Å². The molecule has 18 heavy (non-hydrogen) atoms. The molecule has 1 aromatic rings. The molecular formula is C14H19N3O. The fourth-order valence-corrected chi connectivity index (χ4v) is 1.62. The van der Waals surface area contributed by atoms with E-state index in [0.29, 0.717) is 13.0 Å². The molecule has 0 saturated heterocycles. The summed E-state index contributed by atoms with van der Waals surface area (Å²) in [4.78, 5) is 11.8. The molecule has 0 radical (unpaired) electrons. The fourth-order valence-electron chi connectivity index (χ4n) is 1.62. The van der Waals surface area contributed by atoms with Gasteiger partial charge < -0.3 is 11.1 Å². The summed E-state index contributed by atoms with van der Waals surface area (Å²) < 4.78 is 0. The maximum atomic E-state index is 11.8. The third kappa shape index (κ3) is 4.56. The maximum absolute atomic E-state index is 11.8. The van der Waals surface area contributed by atoms with Gasteiger partial charge in [0.1, 0.15) is 0 Å². The number of hydrogen-bond donors (Lipinski definition) is 2. The summed E-state index contributed by atoms with van der Waals surface area (Å²) in [5, 5.41) is 11.4. The van der Waals surface area contributed by atoms with E-state index in [1.165, 1.54) is 0 Å². The molecule has 0 spiro atoms. The van der Waals surface area contributed by atoms with Gasteiger partial charge in [-0.1, -0.05) is 19.1 Å². The molecule has 1 unspecified atom stereocenters. The molecule has 0 bridgehead atoms. The number of amides is 1. The highest BCUT2D eigenvalue weighted by molar-refractivity contribution is 5.92. The first-order valence-corrected chi connectivity index (χ1v) is 6.14. The van der Waals surface area contributed by atoms with E-state index in [4.69, 9.17) is 11.0 Å². The second-order valence-corrected chi connectivity index (χ2v) is 4.35. The number of nitriles is 1. The number of benzene rings is 1. The molecule has 1 atom stereocenters. The lowest BCUT2D eigenvalue weighted by Gasteiger charge is -2.11. The number of carbonyl (C=O) groups is 1. The van der Waals surface area contributed by atoms with Crippen molar-refractivity contribution in [1.82, 2.24) is 0 Å². The highest BCUT2D eigenvalue weighted by Gasteiger charge is 2.12. The third-order valence-corrected chi connectivity index (χ3v) is 2.79. The van der Waals surface area contributed by atoms with Gasteiger partial charge in [-0.15, -0.1) is 0 Å². The highest BCUT2D eigenvalue weighted by Crippen LogP contribution is 2.13. The van der Waals surface area contributed by atoms with E-state index >= 15 is 0 Å². The molecule has 0 aliphatic heterocycles. The molecular weight excluding hydrogens is 226 g/mol. The van der Waals surface area contributed by atoms with E-state index in [1.54, 1.807) is 0 Å². The Balaban J connectivity index is 2.51. The Morgan fingerprint density at radius 1 is 1.44 bits per heavy atom. The Labute approximate surface area is 108 Å². The minimum Gasteiger partial charge on any atom is -0.330 e. The molecule has 96 valence electrons. The van der Waals surface area contributed by atoms with Crippen LogP contribution in [0, 0.1) is 17.2 Å². The molecule has 1 aromatic carbocycles. The lowest BCUT2D eigenvalue weighted by Crippen LogP contribution is -2.21. The van der Waals surface area contributed by atoms with Crippen LogP contribution in [0.5, 0.6) is 0 Å². The van der Waals surface area contributed by atoms with E-state index in [9.17, 15) is 4.79 Å². The summed E-state index contributed by atoms with van der Waals surface area (Å²) in [5.41, 5.74) is 7.13. The second-order valence-electron chi connectivity index (χ2n) is 4.35. The van der Waals surface area contributed by atoms with Crippen molar-refractivity contribution in [3.8, 4) is 6.07 Å². The summed E-state index contributed by atoms with van der Waals surface area (Å²) in [6.07, 6.45) is 2.05. The topological polar surface area (TPSA) is 78.9 Å². The largest absolute Gasteiger partial charge is 0.330 e. The van der Waals surface area contributed by atoms with Gasteiger partial charge in [0.2, 0.25) is 5.91 Å². The number of nitrogens with two attached hydrogens (primary N) is 1. The van der Waals surface area contributed by atoms with Gasteiger partial charge in [-0.25, -0.2) is 0 Å². The van der Waals surface area contributed by atoms with E-state index in [-0.39, 0.29) is 11.8 Å². The monoisotopic (exact) mass is 245 g/mol. The van der Waals surface area contributed by atoms with Crippen molar-refractivity contribution in [2.24, 2.45) is 11.7 Å². The van der Waals surface area contributed by atoms with Crippen LogP contribution < -0.4 is 11.1 Å². The first kappa shape index (κ1) is 14.2. The summed E-state index contributed by atoms with van der Waals surface area (Å²) in [6.45, 7) is 2.51. The number of carbonyl (C=O) groups excluding carboxylic acids is 1. The molecule has 4 nitrogen and oxygen atoms in total. The normalized spacial score (nSPS) is 11.6. The number of nitrogens with one attached hydrogen (secondary N) is 1. The second kappa shape index (κ2) is 7.46. The lowest BCUT2D eigenvalue weighted by molar-refractivity contribution is -0.119. The van der Waals surface area contributed by atoms with E-state index in [1.807, 2.05) is 31.2 Å². The highest BCUT2D eigenvalue weighted by atomic mass is 16.1. The van der Waals surface area contributed by atoms with Crippen molar-refractivity contribution < 1.29 is 4.79 Å². The van der Waals surface area contributed by atoms with Gasteiger partial charge in [-0.2, -0.15) is 5.26 Å². The van der Waals surface area contributed by atoms with Crippen LogP contribution in [0.25, 0.3) is 0 Å². The summed E-state index contributed by atoms with van der Waals surface area (Å²) >= 11 is 0. The van der Waals surface area contributed by atoms with Crippen molar-refractivity contribution in [3.05, 3.63) is 29.8 Å². The van der Waals surface area contributed by atoms with Crippen LogP contribution in [0.2, 0.25) is 0 Å². The molecule has 1 rings (SSSR count). The molecule has 0 aromatic heterocycles. The van der Waals surface area contributed by atoms with Gasteiger partial charge in [0.25, 0.3) is 0 Å². The van der Waals surface area contributed by atoms with Crippen molar-refractivity contribution in [1.29, 1.82) is 5.26 Å². The molecule has 0 aliphatic rings. The Morgan fingerprint density at radius 3 is 2.67 bits per heavy atom. The zero-order valence-corrected chi connectivity index (χ0v) is 10.6. The van der Waals surface area contributed by atoms with Gasteiger partial charge in [0.15, 0.2) is 0 Å². The van der Waals surface area contributed by atoms with E-state index in [0.717, 1.165) is 24.1 Å². The molecule has 4 heteroatoms. The number of anilines is 1. The van der Waals surface area contributed by atoms with Crippen molar-refractivity contribution in [2.45, 2.75) is 26.2 Å². The molecule has 0 saturated carbocycles. The van der Waals surface area contributed by atoms with Gasteiger partial charge >= 0.3 is 0 Å². The first-order valence-electron chi connectivity index (χ1n) is 6.14. The Kier molecular flexibility index (Phi) is 5.89. The van der Waals surface area contributed by atoms with Crippen molar-refractivity contribution >= 4 is 11.6 Å². The summed E-state index contributed by atoms with van der Waals surface area (Å²) in [6, 6.07) is 9.43. The van der Waals surface area contributed by atoms with Crippen molar-refractivity contribution in [3.63, 3.8) is 0 Å². The SMILES string of the molecule is CC(CCCN)C(=O)Nc1ccc(CC#N)cc1. The smallest absolute Gasteiger partial charge is 0.227 e. The molecule has 1 amide bonds. The molecule has 0 heterocycles. The van der Waals surface area contributed by atoms with Gasteiger partial charge in [0, 0.05) is 11.6 Å². The molecule has 0 fully saturated rings. The minimum absolute atomic E-state index is 0.0106. The Bertz CT molecular complexity index is 420. The Morgan fingerprint density at radius 2 is 2.11 bits per heavy atom.